The summed E-state index contributed by atoms with van der Waals surface area (Å²) >= 11 is 0. The van der Waals surface area contributed by atoms with Gasteiger partial charge in [-0.05, 0) is 30.1 Å². The fourth-order valence-corrected chi connectivity index (χ4v) is 6.12. The summed E-state index contributed by atoms with van der Waals surface area (Å²) in [5.74, 6) is 0. The summed E-state index contributed by atoms with van der Waals surface area (Å²) in [6, 6.07) is 0. The molecule has 0 aliphatic rings. The largest absolute Gasteiger partial charge is 0.147 e. The molecule has 214 valence electrons. The monoisotopic (exact) mass is 515 g/mol. The Morgan fingerprint density at radius 3 is 0.714 bits per heavy atom. The Bertz CT molecular complexity index is 374. The number of hydrogen-bond donors (Lipinski definition) is 0. The highest BCUT2D eigenvalue weighted by Gasteiger charge is 2.39. The van der Waals surface area contributed by atoms with Crippen LogP contribution in [0.2, 0.25) is 0 Å². The Kier molecular flexibility index (Phi) is 27.7. The minimum absolute atomic E-state index is 0. The third kappa shape index (κ3) is 21.0. The molecule has 0 atom stereocenters. The smallest absolute Gasteiger partial charge is 0.0249 e. The molecule has 35 heavy (non-hydrogen) atoms. The molecule has 0 aromatic rings. The number of unbranched alkanes of at least 4 members (excludes halogenated alkanes) is 20. The van der Waals surface area contributed by atoms with Crippen molar-refractivity contribution in [3.8, 4) is 0 Å². The van der Waals surface area contributed by atoms with Crippen LogP contribution in [0.3, 0.4) is 0 Å². The summed E-state index contributed by atoms with van der Waals surface area (Å²) in [6.45, 7) is 14.7. The van der Waals surface area contributed by atoms with Gasteiger partial charge in [-0.1, -0.05) is 189 Å². The Morgan fingerprint density at radius 1 is 0.314 bits per heavy atom. The fourth-order valence-electron chi connectivity index (χ4n) is 6.12. The zero-order valence-corrected chi connectivity index (χ0v) is 26.6. The minimum Gasteiger partial charge on any atom is -0.147 e. The molecular weight excluding hydrogens is 444 g/mol. The molecule has 0 aliphatic heterocycles. The van der Waals surface area contributed by atoms with Gasteiger partial charge in [-0.15, -0.1) is 12.4 Å². The highest BCUT2D eigenvalue weighted by atomic mass is 35.5. The van der Waals surface area contributed by atoms with Crippen LogP contribution in [0.25, 0.3) is 0 Å². The lowest BCUT2D eigenvalue weighted by atomic mass is 9.59. The second kappa shape index (κ2) is 25.9. The lowest BCUT2D eigenvalue weighted by Crippen LogP contribution is -2.36. The van der Waals surface area contributed by atoms with Crippen LogP contribution in [0, 0.1) is 10.8 Å². The zero-order valence-electron chi connectivity index (χ0n) is 25.8. The van der Waals surface area contributed by atoms with Gasteiger partial charge in [0.15, 0.2) is 0 Å². The van der Waals surface area contributed by atoms with E-state index in [0.29, 0.717) is 10.8 Å². The number of hydrogen-bond acceptors (Lipinski definition) is 0. The topological polar surface area (TPSA) is 0 Å². The van der Waals surface area contributed by atoms with Crippen molar-refractivity contribution in [2.24, 2.45) is 10.8 Å². The van der Waals surface area contributed by atoms with Gasteiger partial charge < -0.3 is 0 Å². The molecule has 0 saturated heterocycles. The molecule has 0 radical (unpaired) electrons. The van der Waals surface area contributed by atoms with Crippen LogP contribution in [0.5, 0.6) is 0 Å². The molecule has 0 nitrogen and oxygen atoms in total. The lowest BCUT2D eigenvalue weighted by molar-refractivity contribution is 0.0426. The Balaban J connectivity index is 0. The highest BCUT2D eigenvalue weighted by Crippen LogP contribution is 2.50. The van der Waals surface area contributed by atoms with Gasteiger partial charge in [0.05, 0.1) is 0 Å². The van der Waals surface area contributed by atoms with Gasteiger partial charge in [0, 0.05) is 0 Å². The van der Waals surface area contributed by atoms with Crippen molar-refractivity contribution in [1.29, 1.82) is 0 Å². The quantitative estimate of drug-likeness (QED) is 0.101. The molecule has 0 spiro atoms. The summed E-state index contributed by atoms with van der Waals surface area (Å²) in [5, 5.41) is 0. The molecule has 0 saturated carbocycles. The van der Waals surface area contributed by atoms with E-state index < -0.39 is 0 Å². The van der Waals surface area contributed by atoms with Crippen LogP contribution in [0.4, 0.5) is 0 Å². The van der Waals surface area contributed by atoms with E-state index >= 15 is 0 Å². The van der Waals surface area contributed by atoms with Crippen molar-refractivity contribution < 1.29 is 0 Å². The summed E-state index contributed by atoms with van der Waals surface area (Å²) in [7, 11) is 0. The predicted molar refractivity (Wildman–Crippen MR) is 166 cm³/mol. The van der Waals surface area contributed by atoms with E-state index in [1.807, 2.05) is 0 Å². The molecule has 0 rings (SSSR count). The van der Waals surface area contributed by atoms with Gasteiger partial charge in [-0.3, -0.25) is 0 Å². The van der Waals surface area contributed by atoms with Gasteiger partial charge >= 0.3 is 0 Å². The van der Waals surface area contributed by atoms with Gasteiger partial charge in [-0.25, -0.2) is 0 Å². The highest BCUT2D eigenvalue weighted by molar-refractivity contribution is 5.85. The van der Waals surface area contributed by atoms with Crippen molar-refractivity contribution >= 4 is 12.4 Å². The first-order valence-electron chi connectivity index (χ1n) is 16.4. The van der Waals surface area contributed by atoms with Gasteiger partial charge in [-0.2, -0.15) is 0 Å². The number of rotatable bonds is 26. The lowest BCUT2D eigenvalue weighted by Gasteiger charge is -2.46. The van der Waals surface area contributed by atoms with Crippen LogP contribution in [0.1, 0.15) is 208 Å². The average Bonchev–Trinajstić information content (AvgIpc) is 2.80. The van der Waals surface area contributed by atoms with Crippen LogP contribution >= 0.6 is 12.4 Å². The fraction of sp³-hybridized carbons (Fsp3) is 1.00. The van der Waals surface area contributed by atoms with E-state index in [1.54, 1.807) is 0 Å². The Hall–Kier alpha value is 0.290. The minimum atomic E-state index is 0. The maximum absolute atomic E-state index is 2.57. The molecular formula is C34H71Cl. The molecule has 0 amide bonds. The second-order valence-corrected chi connectivity index (χ2v) is 12.9. The molecule has 0 aliphatic carbocycles. The molecule has 0 aromatic heterocycles. The molecule has 0 N–H and O–H groups in total. The maximum Gasteiger partial charge on any atom is -0.0249 e. The maximum atomic E-state index is 2.57. The van der Waals surface area contributed by atoms with E-state index in [0.717, 1.165) is 0 Å². The van der Waals surface area contributed by atoms with E-state index in [-0.39, 0.29) is 12.4 Å². The standard InChI is InChI=1S/C34H70.ClH/c1-7-10-13-16-19-22-25-28-31-34(33(4,5)6,30-27-24-21-18-15-12-9-3)32-29-26-23-20-17-14-11-8-2;/h7-32H2,1-6H3;1H. The van der Waals surface area contributed by atoms with E-state index in [1.165, 1.54) is 167 Å². The summed E-state index contributed by atoms with van der Waals surface area (Å²) in [6.07, 6.45) is 37.8. The first-order valence-corrected chi connectivity index (χ1v) is 16.4. The van der Waals surface area contributed by atoms with Gasteiger partial charge in [0.25, 0.3) is 0 Å². The van der Waals surface area contributed by atoms with Gasteiger partial charge in [0.2, 0.25) is 0 Å². The number of halogens is 1. The van der Waals surface area contributed by atoms with Crippen molar-refractivity contribution in [2.75, 3.05) is 0 Å². The van der Waals surface area contributed by atoms with Crippen LogP contribution in [-0.4, -0.2) is 0 Å². The first kappa shape index (κ1) is 37.4. The molecule has 0 unspecified atom stereocenters. The van der Waals surface area contributed by atoms with Crippen molar-refractivity contribution in [1.82, 2.24) is 0 Å². The van der Waals surface area contributed by atoms with E-state index in [2.05, 4.69) is 41.5 Å². The normalized spacial score (nSPS) is 12.2. The molecule has 0 bridgehead atoms. The average molecular weight is 515 g/mol. The Labute approximate surface area is 231 Å². The third-order valence-electron chi connectivity index (χ3n) is 8.87. The van der Waals surface area contributed by atoms with Crippen LogP contribution in [-0.2, 0) is 0 Å². The van der Waals surface area contributed by atoms with Crippen LogP contribution < -0.4 is 0 Å². The zero-order chi connectivity index (χ0) is 25.4. The van der Waals surface area contributed by atoms with Crippen molar-refractivity contribution in [3.05, 3.63) is 0 Å². The Morgan fingerprint density at radius 2 is 0.514 bits per heavy atom. The molecule has 0 fully saturated rings. The summed E-state index contributed by atoms with van der Waals surface area (Å²) in [4.78, 5) is 0. The first-order chi connectivity index (χ1) is 16.4. The summed E-state index contributed by atoms with van der Waals surface area (Å²) in [5.41, 5.74) is 1.01. The SMILES string of the molecule is CCCCCCCCCCC(CCCCCCCCC)(CCCCCCCCCC)C(C)(C)C.Cl. The third-order valence-corrected chi connectivity index (χ3v) is 8.87. The molecule has 0 aromatic carbocycles. The van der Waals surface area contributed by atoms with Crippen molar-refractivity contribution in [3.63, 3.8) is 0 Å². The molecule has 0 heterocycles. The van der Waals surface area contributed by atoms with E-state index in [4.69, 9.17) is 0 Å². The van der Waals surface area contributed by atoms with E-state index in [9.17, 15) is 0 Å². The molecule has 1 heteroatoms. The van der Waals surface area contributed by atoms with Gasteiger partial charge in [0.1, 0.15) is 0 Å². The predicted octanol–water partition coefficient (Wildman–Crippen LogP) is 13.6. The second-order valence-electron chi connectivity index (χ2n) is 12.9. The van der Waals surface area contributed by atoms with Crippen LogP contribution in [0.15, 0.2) is 0 Å². The summed E-state index contributed by atoms with van der Waals surface area (Å²) < 4.78 is 0. The van der Waals surface area contributed by atoms with Crippen molar-refractivity contribution in [2.45, 2.75) is 208 Å².